The van der Waals surface area contributed by atoms with E-state index in [-0.39, 0.29) is 5.85 Å². The van der Waals surface area contributed by atoms with Crippen molar-refractivity contribution in [2.75, 3.05) is 7.11 Å². The molecule has 0 aromatic rings. The standard InChI is InChI=1S/C5H13OP.CH4O/c1-4(2)3-5(6)7;1-2/h4-6H,3,7H2,1-2H3;2H,1H3. The summed E-state index contributed by atoms with van der Waals surface area (Å²) in [6.45, 7) is 4.18. The van der Waals surface area contributed by atoms with E-state index in [2.05, 4.69) is 23.1 Å². The van der Waals surface area contributed by atoms with E-state index in [1.807, 2.05) is 0 Å². The van der Waals surface area contributed by atoms with Gasteiger partial charge in [0.1, 0.15) is 0 Å². The molecule has 0 bridgehead atoms. The van der Waals surface area contributed by atoms with E-state index in [1.54, 1.807) is 0 Å². The van der Waals surface area contributed by atoms with Gasteiger partial charge in [0.25, 0.3) is 0 Å². The Balaban J connectivity index is 0. The van der Waals surface area contributed by atoms with Crippen LogP contribution in [-0.2, 0) is 0 Å². The molecule has 0 rings (SSSR count). The van der Waals surface area contributed by atoms with Crippen LogP contribution in [0.25, 0.3) is 0 Å². The van der Waals surface area contributed by atoms with Crippen LogP contribution >= 0.6 is 9.24 Å². The Bertz CT molecular complexity index is 40.3. The van der Waals surface area contributed by atoms with E-state index >= 15 is 0 Å². The third-order valence-corrected chi connectivity index (χ3v) is 0.985. The summed E-state index contributed by atoms with van der Waals surface area (Å²) >= 11 is 0. The summed E-state index contributed by atoms with van der Waals surface area (Å²) in [7, 11) is 3.36. The predicted octanol–water partition coefficient (Wildman–Crippen LogP) is 0.834. The van der Waals surface area contributed by atoms with Gasteiger partial charge < -0.3 is 10.2 Å². The lowest BCUT2D eigenvalue weighted by molar-refractivity contribution is 0.233. The molecule has 0 amide bonds. The number of aliphatic hydroxyl groups excluding tert-OH is 2. The summed E-state index contributed by atoms with van der Waals surface area (Å²) in [5, 5.41) is 15.7. The molecule has 58 valence electrons. The Labute approximate surface area is 59.5 Å². The molecule has 0 aromatic carbocycles. The van der Waals surface area contributed by atoms with Crippen LogP contribution in [-0.4, -0.2) is 23.2 Å². The van der Waals surface area contributed by atoms with Gasteiger partial charge in [0.15, 0.2) is 0 Å². The molecule has 2 unspecified atom stereocenters. The quantitative estimate of drug-likeness (QED) is 0.575. The Morgan fingerprint density at radius 2 is 1.67 bits per heavy atom. The number of hydrogen-bond donors (Lipinski definition) is 2. The minimum absolute atomic E-state index is 0.208. The van der Waals surface area contributed by atoms with Gasteiger partial charge >= 0.3 is 0 Å². The number of aliphatic hydroxyl groups is 2. The highest BCUT2D eigenvalue weighted by atomic mass is 31.0. The van der Waals surface area contributed by atoms with E-state index in [0.29, 0.717) is 5.92 Å². The maximum absolute atomic E-state index is 8.69. The lowest BCUT2D eigenvalue weighted by Crippen LogP contribution is -1.99. The van der Waals surface area contributed by atoms with Gasteiger partial charge in [-0.1, -0.05) is 13.8 Å². The normalized spacial score (nSPS) is 12.3. The highest BCUT2D eigenvalue weighted by molar-refractivity contribution is 7.17. The van der Waals surface area contributed by atoms with Crippen molar-refractivity contribution >= 4 is 9.24 Å². The summed E-state index contributed by atoms with van der Waals surface area (Å²) in [5.74, 6) is 0.396. The number of hydrogen-bond acceptors (Lipinski definition) is 2. The van der Waals surface area contributed by atoms with Gasteiger partial charge in [-0.2, -0.15) is 0 Å². The van der Waals surface area contributed by atoms with Crippen LogP contribution in [0.3, 0.4) is 0 Å². The van der Waals surface area contributed by atoms with Crippen molar-refractivity contribution in [2.45, 2.75) is 26.1 Å². The predicted molar refractivity (Wildman–Crippen MR) is 43.3 cm³/mol. The molecule has 0 aliphatic carbocycles. The van der Waals surface area contributed by atoms with Gasteiger partial charge in [0, 0.05) is 7.11 Å². The highest BCUT2D eigenvalue weighted by Gasteiger charge is 1.97. The second kappa shape index (κ2) is 8.35. The molecule has 0 saturated carbocycles. The van der Waals surface area contributed by atoms with Crippen LogP contribution < -0.4 is 0 Å². The molecule has 0 aliphatic heterocycles. The van der Waals surface area contributed by atoms with E-state index in [4.69, 9.17) is 10.2 Å². The highest BCUT2D eigenvalue weighted by Crippen LogP contribution is 2.08. The Kier molecular flexibility index (Phi) is 11.2. The van der Waals surface area contributed by atoms with Gasteiger partial charge in [0.05, 0.1) is 5.85 Å². The Hall–Kier alpha value is 0.350. The first-order valence-electron chi connectivity index (χ1n) is 3.01. The molecule has 0 fully saturated rings. The molecular weight excluding hydrogens is 135 g/mol. The minimum Gasteiger partial charge on any atom is -0.400 e. The second-order valence-electron chi connectivity index (χ2n) is 2.20. The molecule has 0 aliphatic rings. The summed E-state index contributed by atoms with van der Waals surface area (Å²) in [6, 6.07) is 0. The fourth-order valence-electron chi connectivity index (χ4n) is 0.483. The molecule has 0 heterocycles. The van der Waals surface area contributed by atoms with Crippen molar-refractivity contribution < 1.29 is 10.2 Å². The summed E-state index contributed by atoms with van der Waals surface area (Å²) < 4.78 is 0. The zero-order valence-electron chi connectivity index (χ0n) is 6.33. The summed E-state index contributed by atoms with van der Waals surface area (Å²) in [5.41, 5.74) is 0. The molecule has 2 N–H and O–H groups in total. The molecule has 0 aromatic heterocycles. The second-order valence-corrected chi connectivity index (χ2v) is 2.97. The van der Waals surface area contributed by atoms with Gasteiger partial charge in [0.2, 0.25) is 0 Å². The van der Waals surface area contributed by atoms with Crippen molar-refractivity contribution in [3.05, 3.63) is 0 Å². The number of rotatable bonds is 2. The van der Waals surface area contributed by atoms with Gasteiger partial charge in [-0.15, -0.1) is 9.24 Å². The van der Waals surface area contributed by atoms with E-state index in [1.165, 1.54) is 0 Å². The van der Waals surface area contributed by atoms with Crippen molar-refractivity contribution in [3.63, 3.8) is 0 Å². The van der Waals surface area contributed by atoms with Crippen molar-refractivity contribution in [3.8, 4) is 0 Å². The van der Waals surface area contributed by atoms with Crippen LogP contribution in [0.15, 0.2) is 0 Å². The zero-order chi connectivity index (χ0) is 7.86. The van der Waals surface area contributed by atoms with Gasteiger partial charge in [-0.25, -0.2) is 0 Å². The van der Waals surface area contributed by atoms with Crippen LogP contribution in [0.4, 0.5) is 0 Å². The van der Waals surface area contributed by atoms with Crippen molar-refractivity contribution in [2.24, 2.45) is 5.92 Å². The first kappa shape index (κ1) is 12.1. The molecule has 0 spiro atoms. The molecular formula is C6H17O2P. The maximum atomic E-state index is 8.69. The van der Waals surface area contributed by atoms with Gasteiger partial charge in [-0.05, 0) is 12.3 Å². The van der Waals surface area contributed by atoms with Gasteiger partial charge in [-0.3, -0.25) is 0 Å². The Morgan fingerprint density at radius 1 is 1.33 bits per heavy atom. The fraction of sp³-hybridized carbons (Fsp3) is 1.00. The molecule has 3 heteroatoms. The monoisotopic (exact) mass is 152 g/mol. The van der Waals surface area contributed by atoms with E-state index < -0.39 is 0 Å². The largest absolute Gasteiger partial charge is 0.400 e. The first-order valence-corrected chi connectivity index (χ1v) is 3.68. The lowest BCUT2D eigenvalue weighted by Gasteiger charge is -2.04. The Morgan fingerprint density at radius 3 is 1.67 bits per heavy atom. The van der Waals surface area contributed by atoms with E-state index in [0.717, 1.165) is 13.5 Å². The van der Waals surface area contributed by atoms with Crippen LogP contribution in [0.1, 0.15) is 20.3 Å². The van der Waals surface area contributed by atoms with Crippen LogP contribution in [0.2, 0.25) is 0 Å². The van der Waals surface area contributed by atoms with Crippen molar-refractivity contribution in [1.82, 2.24) is 0 Å². The van der Waals surface area contributed by atoms with Crippen LogP contribution in [0, 0.1) is 5.92 Å². The first-order chi connectivity index (χ1) is 4.13. The van der Waals surface area contributed by atoms with Crippen molar-refractivity contribution in [1.29, 1.82) is 0 Å². The molecule has 0 radical (unpaired) electrons. The average molecular weight is 152 g/mol. The third kappa shape index (κ3) is 17.8. The molecule has 2 nitrogen and oxygen atoms in total. The third-order valence-electron chi connectivity index (χ3n) is 0.713. The molecule has 2 atom stereocenters. The van der Waals surface area contributed by atoms with Crippen LogP contribution in [0.5, 0.6) is 0 Å². The molecule has 0 saturated heterocycles. The molecule has 9 heavy (non-hydrogen) atoms. The smallest absolute Gasteiger partial charge is 0.0676 e. The topological polar surface area (TPSA) is 40.5 Å². The average Bonchev–Trinajstić information content (AvgIpc) is 1.68. The minimum atomic E-state index is -0.208. The lowest BCUT2D eigenvalue weighted by atomic mass is 10.1. The summed E-state index contributed by atoms with van der Waals surface area (Å²) in [6.07, 6.45) is 0.880. The summed E-state index contributed by atoms with van der Waals surface area (Å²) in [4.78, 5) is 0. The zero-order valence-corrected chi connectivity index (χ0v) is 7.49. The SMILES string of the molecule is CC(C)CC(O)P.CO. The van der Waals surface area contributed by atoms with E-state index in [9.17, 15) is 0 Å². The fourth-order valence-corrected chi connectivity index (χ4v) is 1.03. The maximum Gasteiger partial charge on any atom is 0.0676 e.